The van der Waals surface area contributed by atoms with Gasteiger partial charge in [0.05, 0.1) is 12.2 Å². The van der Waals surface area contributed by atoms with Crippen LogP contribution >= 0.6 is 11.3 Å². The van der Waals surface area contributed by atoms with E-state index in [4.69, 9.17) is 0 Å². The molecule has 0 spiro atoms. The number of nitrogens with zero attached hydrogens (tertiary/aromatic N) is 2. The molecule has 1 aromatic carbocycles. The minimum atomic E-state index is -0.244. The lowest BCUT2D eigenvalue weighted by Gasteiger charge is -2.17. The fourth-order valence-electron chi connectivity index (χ4n) is 3.30. The van der Waals surface area contributed by atoms with Gasteiger partial charge in [0.2, 0.25) is 0 Å². The lowest BCUT2D eigenvalue weighted by Crippen LogP contribution is -2.30. The van der Waals surface area contributed by atoms with E-state index in [9.17, 15) is 9.18 Å². The highest BCUT2D eigenvalue weighted by Gasteiger charge is 2.26. The molecule has 2 aromatic rings. The Morgan fingerprint density at radius 1 is 1.36 bits per heavy atom. The van der Waals surface area contributed by atoms with Gasteiger partial charge < -0.3 is 10.2 Å². The van der Waals surface area contributed by atoms with Crippen molar-refractivity contribution in [1.29, 1.82) is 0 Å². The Kier molecular flexibility index (Phi) is 4.46. The lowest BCUT2D eigenvalue weighted by atomic mass is 10.0. The molecule has 0 radical (unpaired) electrons. The number of amides is 2. The molecular weight excluding hydrogens is 337 g/mol. The number of urea groups is 1. The number of carbonyl (C=O) groups is 1. The molecular formula is C19H22FN3OS. The van der Waals surface area contributed by atoms with E-state index in [1.807, 2.05) is 0 Å². The average Bonchev–Trinajstić information content (AvgIpc) is 3.34. The summed E-state index contributed by atoms with van der Waals surface area (Å²) in [5, 5.41) is 3.75. The molecule has 2 aliphatic carbocycles. The molecule has 1 aromatic heterocycles. The highest BCUT2D eigenvalue weighted by Crippen LogP contribution is 2.41. The van der Waals surface area contributed by atoms with Crippen molar-refractivity contribution in [2.24, 2.45) is 0 Å². The first kappa shape index (κ1) is 16.5. The van der Waals surface area contributed by atoms with Gasteiger partial charge in [0.15, 0.2) is 0 Å². The van der Waals surface area contributed by atoms with E-state index in [1.54, 1.807) is 35.4 Å². The van der Waals surface area contributed by atoms with Crippen molar-refractivity contribution in [3.8, 4) is 0 Å². The molecule has 1 N–H and O–H groups in total. The third-order valence-electron chi connectivity index (χ3n) is 4.88. The van der Waals surface area contributed by atoms with E-state index >= 15 is 0 Å². The molecule has 132 valence electrons. The maximum atomic E-state index is 14.1. The largest absolute Gasteiger partial charge is 0.321 e. The Bertz CT molecular complexity index is 776. The Labute approximate surface area is 151 Å². The highest BCUT2D eigenvalue weighted by molar-refractivity contribution is 7.11. The summed E-state index contributed by atoms with van der Waals surface area (Å²) in [4.78, 5) is 20.0. The van der Waals surface area contributed by atoms with E-state index in [2.05, 4.69) is 10.3 Å². The van der Waals surface area contributed by atoms with Gasteiger partial charge in [0, 0.05) is 17.6 Å². The van der Waals surface area contributed by atoms with Crippen LogP contribution < -0.4 is 5.32 Å². The van der Waals surface area contributed by atoms with Gasteiger partial charge in [-0.15, -0.1) is 11.3 Å². The maximum Gasteiger partial charge on any atom is 0.321 e. The molecule has 2 aliphatic rings. The monoisotopic (exact) mass is 359 g/mol. The number of halogens is 1. The van der Waals surface area contributed by atoms with Crippen LogP contribution in [0.2, 0.25) is 0 Å². The number of rotatable bonds is 4. The van der Waals surface area contributed by atoms with Crippen molar-refractivity contribution in [1.82, 2.24) is 9.88 Å². The standard InChI is InChI=1S/C19H22FN3OS/c1-23(11-18-22-16-4-2-3-5-17(16)25-18)19(24)21-13-8-9-14(12-6-7-12)15(20)10-13/h8-10,12H,2-7,11H2,1H3,(H,21,24). The van der Waals surface area contributed by atoms with Crippen molar-refractivity contribution >= 4 is 23.1 Å². The maximum absolute atomic E-state index is 14.1. The normalized spacial score (nSPS) is 16.4. The molecule has 4 nitrogen and oxygen atoms in total. The first-order valence-corrected chi connectivity index (χ1v) is 9.71. The number of benzene rings is 1. The minimum absolute atomic E-state index is 0.226. The van der Waals surface area contributed by atoms with Crippen molar-refractivity contribution < 1.29 is 9.18 Å². The molecule has 0 atom stereocenters. The summed E-state index contributed by atoms with van der Waals surface area (Å²) < 4.78 is 14.1. The van der Waals surface area contributed by atoms with E-state index < -0.39 is 0 Å². The zero-order valence-corrected chi connectivity index (χ0v) is 15.2. The summed E-state index contributed by atoms with van der Waals surface area (Å²) >= 11 is 1.71. The van der Waals surface area contributed by atoms with Gasteiger partial charge >= 0.3 is 6.03 Å². The Morgan fingerprint density at radius 3 is 2.88 bits per heavy atom. The number of anilines is 1. The summed E-state index contributed by atoms with van der Waals surface area (Å²) in [6, 6.07) is 4.75. The van der Waals surface area contributed by atoms with Crippen LogP contribution in [0.4, 0.5) is 14.9 Å². The minimum Gasteiger partial charge on any atom is -0.321 e. The lowest BCUT2D eigenvalue weighted by molar-refractivity contribution is 0.220. The van der Waals surface area contributed by atoms with Gasteiger partial charge in [-0.3, -0.25) is 0 Å². The Hall–Kier alpha value is -1.95. The van der Waals surface area contributed by atoms with Gasteiger partial charge in [-0.1, -0.05) is 6.07 Å². The summed E-state index contributed by atoms with van der Waals surface area (Å²) in [6.07, 6.45) is 6.71. The predicted octanol–water partition coefficient (Wildman–Crippen LogP) is 4.70. The fraction of sp³-hybridized carbons (Fsp3) is 0.474. The summed E-state index contributed by atoms with van der Waals surface area (Å²) in [5.74, 6) is 0.138. The number of aromatic nitrogens is 1. The van der Waals surface area contributed by atoms with E-state index in [0.717, 1.165) is 36.3 Å². The van der Waals surface area contributed by atoms with Crippen LogP contribution in [-0.2, 0) is 19.4 Å². The molecule has 2 amide bonds. The van der Waals surface area contributed by atoms with Gasteiger partial charge in [-0.05, 0) is 62.1 Å². The van der Waals surface area contributed by atoms with Crippen molar-refractivity contribution in [3.05, 3.63) is 45.2 Å². The van der Waals surface area contributed by atoms with Crippen LogP contribution in [0.15, 0.2) is 18.2 Å². The van der Waals surface area contributed by atoms with Crippen LogP contribution in [0.3, 0.4) is 0 Å². The summed E-state index contributed by atoms with van der Waals surface area (Å²) in [7, 11) is 1.74. The van der Waals surface area contributed by atoms with Gasteiger partial charge in [-0.2, -0.15) is 0 Å². The van der Waals surface area contributed by atoms with E-state index in [1.165, 1.54) is 29.5 Å². The number of hydrogen-bond donors (Lipinski definition) is 1. The summed E-state index contributed by atoms with van der Waals surface area (Å²) in [6.45, 7) is 0.478. The molecule has 0 saturated heterocycles. The van der Waals surface area contributed by atoms with Crippen LogP contribution in [0.25, 0.3) is 0 Å². The topological polar surface area (TPSA) is 45.2 Å². The van der Waals surface area contributed by atoms with Gasteiger partial charge in [0.25, 0.3) is 0 Å². The molecule has 4 rings (SSSR count). The van der Waals surface area contributed by atoms with Crippen LogP contribution in [-0.4, -0.2) is 23.0 Å². The molecule has 0 bridgehead atoms. The highest BCUT2D eigenvalue weighted by atomic mass is 32.1. The van der Waals surface area contributed by atoms with Gasteiger partial charge in [0.1, 0.15) is 10.8 Å². The quantitative estimate of drug-likeness (QED) is 0.860. The van der Waals surface area contributed by atoms with E-state index in [0.29, 0.717) is 18.2 Å². The second-order valence-corrected chi connectivity index (χ2v) is 8.15. The molecule has 0 aliphatic heterocycles. The second-order valence-electron chi connectivity index (χ2n) is 6.98. The third kappa shape index (κ3) is 3.68. The Balaban J connectivity index is 1.38. The first-order valence-electron chi connectivity index (χ1n) is 8.89. The smallest absolute Gasteiger partial charge is 0.321 e. The number of thiazole rings is 1. The summed E-state index contributed by atoms with van der Waals surface area (Å²) in [5.41, 5.74) is 2.47. The van der Waals surface area contributed by atoms with Crippen molar-refractivity contribution in [2.45, 2.75) is 51.0 Å². The number of fused-ring (bicyclic) bond motifs is 1. The predicted molar refractivity (Wildman–Crippen MR) is 97.6 cm³/mol. The number of aryl methyl sites for hydroxylation is 2. The number of nitrogens with one attached hydrogen (secondary N) is 1. The van der Waals surface area contributed by atoms with Crippen LogP contribution in [0.5, 0.6) is 0 Å². The zero-order valence-electron chi connectivity index (χ0n) is 14.3. The Morgan fingerprint density at radius 2 is 2.16 bits per heavy atom. The molecule has 1 fully saturated rings. The third-order valence-corrected chi connectivity index (χ3v) is 6.02. The molecule has 0 unspecified atom stereocenters. The molecule has 1 heterocycles. The van der Waals surface area contributed by atoms with E-state index in [-0.39, 0.29) is 11.8 Å². The van der Waals surface area contributed by atoms with Crippen LogP contribution in [0.1, 0.15) is 52.7 Å². The van der Waals surface area contributed by atoms with Crippen molar-refractivity contribution in [2.75, 3.05) is 12.4 Å². The fourth-order valence-corrected chi connectivity index (χ4v) is 4.51. The first-order chi connectivity index (χ1) is 12.1. The molecule has 1 saturated carbocycles. The second kappa shape index (κ2) is 6.75. The number of carbonyl (C=O) groups excluding carboxylic acids is 1. The van der Waals surface area contributed by atoms with Crippen molar-refractivity contribution in [3.63, 3.8) is 0 Å². The van der Waals surface area contributed by atoms with Gasteiger partial charge in [-0.25, -0.2) is 14.2 Å². The van der Waals surface area contributed by atoms with Crippen LogP contribution in [0, 0.1) is 5.82 Å². The zero-order chi connectivity index (χ0) is 17.4. The number of hydrogen-bond acceptors (Lipinski definition) is 3. The molecule has 25 heavy (non-hydrogen) atoms. The average molecular weight is 359 g/mol. The SMILES string of the molecule is CN(Cc1nc2c(s1)CCCC2)C(=O)Nc1ccc(C2CC2)c(F)c1. The molecule has 6 heteroatoms.